The molecule has 1 rings (SSSR count). The van der Waals surface area contributed by atoms with Crippen molar-refractivity contribution in [3.8, 4) is 6.07 Å². The number of likely N-dealkylation sites (tertiary alicyclic amines) is 1. The fraction of sp³-hybridized carbons (Fsp3) is 0.818. The molecule has 0 saturated carbocycles. The largest absolute Gasteiger partial charge is 0.468 e. The van der Waals surface area contributed by atoms with E-state index in [1.54, 1.807) is 0 Å². The molecule has 1 aliphatic heterocycles. The van der Waals surface area contributed by atoms with Crippen molar-refractivity contribution in [1.29, 1.82) is 5.26 Å². The molecule has 4 heteroatoms. The number of hydrogen-bond donors (Lipinski definition) is 0. The molecular formula is C11H18N2O2. The average molecular weight is 210 g/mol. The van der Waals surface area contributed by atoms with E-state index in [0.29, 0.717) is 0 Å². The lowest BCUT2D eigenvalue weighted by Gasteiger charge is -2.37. The second-order valence-corrected chi connectivity index (χ2v) is 4.41. The van der Waals surface area contributed by atoms with Crippen LogP contribution in [-0.2, 0) is 9.53 Å². The summed E-state index contributed by atoms with van der Waals surface area (Å²) in [5.74, 6) is -0.199. The number of carbonyl (C=O) groups excluding carboxylic acids is 1. The number of ether oxygens (including phenoxy) is 1. The molecule has 1 fully saturated rings. The lowest BCUT2D eigenvalue weighted by molar-refractivity contribution is -0.147. The van der Waals surface area contributed by atoms with Gasteiger partial charge in [0.25, 0.3) is 0 Å². The summed E-state index contributed by atoms with van der Waals surface area (Å²) in [6.45, 7) is 5.41. The van der Waals surface area contributed by atoms with E-state index in [9.17, 15) is 4.79 Å². The zero-order valence-electron chi connectivity index (χ0n) is 9.62. The van der Waals surface area contributed by atoms with Gasteiger partial charge < -0.3 is 4.74 Å². The first-order valence-corrected chi connectivity index (χ1v) is 5.25. The molecule has 1 saturated heterocycles. The van der Waals surface area contributed by atoms with Crippen molar-refractivity contribution >= 4 is 5.97 Å². The predicted molar refractivity (Wildman–Crippen MR) is 56.0 cm³/mol. The summed E-state index contributed by atoms with van der Waals surface area (Å²) in [6.07, 6.45) is 1.65. The number of nitriles is 1. The van der Waals surface area contributed by atoms with Gasteiger partial charge in [-0.05, 0) is 26.7 Å². The highest BCUT2D eigenvalue weighted by Gasteiger charge is 2.33. The SMILES string of the molecule is COC(=O)C(C)N1CCC(C)(C#N)CC1. The van der Waals surface area contributed by atoms with Crippen LogP contribution in [0.3, 0.4) is 0 Å². The van der Waals surface area contributed by atoms with Gasteiger partial charge in [-0.2, -0.15) is 5.26 Å². The van der Waals surface area contributed by atoms with Crippen molar-refractivity contribution in [2.75, 3.05) is 20.2 Å². The van der Waals surface area contributed by atoms with E-state index in [1.807, 2.05) is 13.8 Å². The van der Waals surface area contributed by atoms with Crippen LogP contribution in [0.15, 0.2) is 0 Å². The molecule has 0 N–H and O–H groups in total. The summed E-state index contributed by atoms with van der Waals surface area (Å²) >= 11 is 0. The number of carbonyl (C=O) groups is 1. The van der Waals surface area contributed by atoms with Gasteiger partial charge in [0.1, 0.15) is 6.04 Å². The molecule has 0 aromatic carbocycles. The van der Waals surface area contributed by atoms with E-state index in [2.05, 4.69) is 11.0 Å². The van der Waals surface area contributed by atoms with Crippen LogP contribution >= 0.6 is 0 Å². The summed E-state index contributed by atoms with van der Waals surface area (Å²) in [7, 11) is 1.40. The molecule has 0 aliphatic carbocycles. The van der Waals surface area contributed by atoms with E-state index in [1.165, 1.54) is 7.11 Å². The summed E-state index contributed by atoms with van der Waals surface area (Å²) in [6, 6.07) is 2.14. The minimum absolute atomic E-state index is 0.196. The molecule has 84 valence electrons. The van der Waals surface area contributed by atoms with Crippen LogP contribution in [-0.4, -0.2) is 37.1 Å². The van der Waals surface area contributed by atoms with Crippen molar-refractivity contribution in [3.05, 3.63) is 0 Å². The van der Waals surface area contributed by atoms with Gasteiger partial charge in [-0.1, -0.05) is 0 Å². The standard InChI is InChI=1S/C11H18N2O2/c1-9(10(14)15-3)13-6-4-11(2,8-12)5-7-13/h9H,4-7H2,1-3H3. The molecule has 1 heterocycles. The molecule has 0 aromatic rings. The molecule has 0 spiro atoms. The first-order chi connectivity index (χ1) is 7.02. The van der Waals surface area contributed by atoms with Crippen LogP contribution in [0.1, 0.15) is 26.7 Å². The Labute approximate surface area is 90.8 Å². The van der Waals surface area contributed by atoms with Crippen LogP contribution in [0.4, 0.5) is 0 Å². The minimum Gasteiger partial charge on any atom is -0.468 e. The van der Waals surface area contributed by atoms with E-state index >= 15 is 0 Å². The number of piperidine rings is 1. The molecule has 0 aromatic heterocycles. The lowest BCUT2D eigenvalue weighted by Crippen LogP contribution is -2.46. The van der Waals surface area contributed by atoms with Gasteiger partial charge >= 0.3 is 5.97 Å². The third-order valence-electron chi connectivity index (χ3n) is 3.26. The van der Waals surface area contributed by atoms with Gasteiger partial charge in [0.05, 0.1) is 18.6 Å². The number of methoxy groups -OCH3 is 1. The Morgan fingerprint density at radius 3 is 2.47 bits per heavy atom. The van der Waals surface area contributed by atoms with Crippen LogP contribution in [0.2, 0.25) is 0 Å². The zero-order valence-corrected chi connectivity index (χ0v) is 9.62. The summed E-state index contributed by atoms with van der Waals surface area (Å²) in [5.41, 5.74) is -0.216. The number of hydrogen-bond acceptors (Lipinski definition) is 4. The smallest absolute Gasteiger partial charge is 0.322 e. The van der Waals surface area contributed by atoms with Gasteiger partial charge in [0, 0.05) is 13.1 Å². The Bertz CT molecular complexity index is 275. The van der Waals surface area contributed by atoms with Crippen molar-refractivity contribution in [1.82, 2.24) is 4.90 Å². The molecule has 4 nitrogen and oxygen atoms in total. The molecule has 1 aliphatic rings. The molecule has 0 radical (unpaired) electrons. The molecule has 0 bridgehead atoms. The molecule has 1 unspecified atom stereocenters. The molecule has 1 atom stereocenters. The minimum atomic E-state index is -0.216. The molecule has 0 amide bonds. The maximum absolute atomic E-state index is 11.3. The third-order valence-corrected chi connectivity index (χ3v) is 3.26. The van der Waals surface area contributed by atoms with Crippen LogP contribution in [0.5, 0.6) is 0 Å². The normalized spacial score (nSPS) is 22.8. The van der Waals surface area contributed by atoms with Gasteiger partial charge in [-0.3, -0.25) is 9.69 Å². The monoisotopic (exact) mass is 210 g/mol. The van der Waals surface area contributed by atoms with Gasteiger partial charge in [0.2, 0.25) is 0 Å². The average Bonchev–Trinajstić information content (AvgIpc) is 2.28. The van der Waals surface area contributed by atoms with Gasteiger partial charge in [-0.15, -0.1) is 0 Å². The number of nitrogens with zero attached hydrogens (tertiary/aromatic N) is 2. The van der Waals surface area contributed by atoms with Crippen molar-refractivity contribution in [3.63, 3.8) is 0 Å². The molecular weight excluding hydrogens is 192 g/mol. The Morgan fingerprint density at radius 1 is 1.53 bits per heavy atom. The third kappa shape index (κ3) is 2.69. The summed E-state index contributed by atoms with van der Waals surface area (Å²) in [4.78, 5) is 13.4. The van der Waals surface area contributed by atoms with E-state index in [0.717, 1.165) is 25.9 Å². The van der Waals surface area contributed by atoms with Gasteiger partial charge in [0.15, 0.2) is 0 Å². The Balaban J connectivity index is 2.51. The maximum Gasteiger partial charge on any atom is 0.322 e. The summed E-state index contributed by atoms with van der Waals surface area (Å²) in [5, 5.41) is 8.97. The van der Waals surface area contributed by atoms with E-state index < -0.39 is 0 Å². The second kappa shape index (κ2) is 4.63. The van der Waals surface area contributed by atoms with E-state index in [-0.39, 0.29) is 17.4 Å². The highest BCUT2D eigenvalue weighted by molar-refractivity contribution is 5.75. The van der Waals surface area contributed by atoms with E-state index in [4.69, 9.17) is 10.00 Å². The first kappa shape index (κ1) is 12.0. The Morgan fingerprint density at radius 2 is 2.07 bits per heavy atom. The van der Waals surface area contributed by atoms with Gasteiger partial charge in [-0.25, -0.2) is 0 Å². The number of rotatable bonds is 2. The second-order valence-electron chi connectivity index (χ2n) is 4.41. The fourth-order valence-corrected chi connectivity index (χ4v) is 1.84. The van der Waals surface area contributed by atoms with Crippen LogP contribution < -0.4 is 0 Å². The van der Waals surface area contributed by atoms with Crippen LogP contribution in [0.25, 0.3) is 0 Å². The summed E-state index contributed by atoms with van der Waals surface area (Å²) < 4.78 is 4.70. The molecule has 15 heavy (non-hydrogen) atoms. The highest BCUT2D eigenvalue weighted by atomic mass is 16.5. The number of esters is 1. The Hall–Kier alpha value is -1.08. The zero-order chi connectivity index (χ0) is 11.5. The first-order valence-electron chi connectivity index (χ1n) is 5.25. The van der Waals surface area contributed by atoms with Crippen molar-refractivity contribution < 1.29 is 9.53 Å². The fourth-order valence-electron chi connectivity index (χ4n) is 1.84. The predicted octanol–water partition coefficient (Wildman–Crippen LogP) is 1.17. The quantitative estimate of drug-likeness (QED) is 0.642. The highest BCUT2D eigenvalue weighted by Crippen LogP contribution is 2.30. The maximum atomic E-state index is 11.3. The Kier molecular flexibility index (Phi) is 3.70. The lowest BCUT2D eigenvalue weighted by atomic mass is 9.81. The van der Waals surface area contributed by atoms with Crippen molar-refractivity contribution in [2.45, 2.75) is 32.7 Å². The van der Waals surface area contributed by atoms with Crippen LogP contribution in [0, 0.1) is 16.7 Å². The van der Waals surface area contributed by atoms with Crippen molar-refractivity contribution in [2.24, 2.45) is 5.41 Å². The topological polar surface area (TPSA) is 53.3 Å².